The predicted octanol–water partition coefficient (Wildman–Crippen LogP) is 2.38. The van der Waals surface area contributed by atoms with Crippen molar-refractivity contribution in [1.82, 2.24) is 20.1 Å². The molecule has 1 atom stereocenters. The van der Waals surface area contributed by atoms with E-state index in [0.717, 1.165) is 11.4 Å². The van der Waals surface area contributed by atoms with Crippen LogP contribution in [0.25, 0.3) is 0 Å². The van der Waals surface area contributed by atoms with Crippen LogP contribution in [-0.2, 0) is 10.2 Å². The van der Waals surface area contributed by atoms with Gasteiger partial charge >= 0.3 is 0 Å². The molecule has 3 heterocycles. The average molecular weight is 320 g/mol. The number of ether oxygens (including phenoxy) is 1. The summed E-state index contributed by atoms with van der Waals surface area (Å²) in [5.74, 6) is 1.49. The highest BCUT2D eigenvalue weighted by Crippen LogP contribution is 2.24. The summed E-state index contributed by atoms with van der Waals surface area (Å²) in [6.45, 7) is 7.79. The number of amides is 1. The van der Waals surface area contributed by atoms with E-state index in [2.05, 4.69) is 36.0 Å². The molecule has 1 aliphatic heterocycles. The van der Waals surface area contributed by atoms with Gasteiger partial charge in [-0.3, -0.25) is 9.89 Å². The van der Waals surface area contributed by atoms with E-state index in [4.69, 9.17) is 4.74 Å². The van der Waals surface area contributed by atoms with Crippen molar-refractivity contribution >= 4 is 17.2 Å². The Balaban J connectivity index is 1.73. The molecule has 1 saturated heterocycles. The number of carbonyl (C=O) groups is 1. The number of aromatic nitrogens is 3. The fourth-order valence-corrected chi connectivity index (χ4v) is 2.95. The van der Waals surface area contributed by atoms with Crippen LogP contribution in [0.1, 0.15) is 48.9 Å². The molecular weight excluding hydrogens is 300 g/mol. The molecule has 0 unspecified atom stereocenters. The monoisotopic (exact) mass is 320 g/mol. The summed E-state index contributed by atoms with van der Waals surface area (Å²) in [6.07, 6.45) is -0.250. The normalized spacial score (nSPS) is 19.4. The highest BCUT2D eigenvalue weighted by atomic mass is 32.1. The average Bonchev–Trinajstić information content (AvgIpc) is 3.17. The lowest BCUT2D eigenvalue weighted by atomic mass is 9.96. The maximum absolute atomic E-state index is 12.4. The van der Waals surface area contributed by atoms with Crippen LogP contribution in [-0.4, -0.2) is 45.7 Å². The van der Waals surface area contributed by atoms with Crippen LogP contribution in [0.3, 0.4) is 0 Å². The fraction of sp³-hybridized carbons (Fsp3) is 0.533. The second-order valence-electron chi connectivity index (χ2n) is 6.42. The number of rotatable bonds is 2. The highest BCUT2D eigenvalue weighted by molar-refractivity contribution is 7.08. The number of hydrogen-bond donors (Lipinski definition) is 1. The molecule has 0 radical (unpaired) electrons. The standard InChI is InChI=1S/C15H20N4O2S/c1-15(2,3)14-16-12(17-18-14)11-8-19(5-6-21-11)13(20)10-4-7-22-9-10/h4,7,9,11H,5-6,8H2,1-3H3,(H,16,17,18)/t11-/m0/s1. The van der Waals surface area contributed by atoms with E-state index in [1.807, 2.05) is 21.7 Å². The van der Waals surface area contributed by atoms with Crippen LogP contribution >= 0.6 is 11.3 Å². The molecule has 2 aromatic rings. The van der Waals surface area contributed by atoms with Crippen LogP contribution in [0, 0.1) is 0 Å². The smallest absolute Gasteiger partial charge is 0.254 e. The molecule has 0 aliphatic carbocycles. The first-order valence-corrected chi connectivity index (χ1v) is 8.25. The van der Waals surface area contributed by atoms with Crippen LogP contribution in [0.5, 0.6) is 0 Å². The molecular formula is C15H20N4O2S. The van der Waals surface area contributed by atoms with Gasteiger partial charge in [-0.15, -0.1) is 0 Å². The van der Waals surface area contributed by atoms with Gasteiger partial charge < -0.3 is 9.64 Å². The van der Waals surface area contributed by atoms with Gasteiger partial charge in [0.15, 0.2) is 11.6 Å². The molecule has 6 nitrogen and oxygen atoms in total. The Labute approximate surface area is 133 Å². The zero-order valence-corrected chi connectivity index (χ0v) is 13.8. The summed E-state index contributed by atoms with van der Waals surface area (Å²) < 4.78 is 5.76. The molecule has 7 heteroatoms. The molecule has 1 aliphatic rings. The van der Waals surface area contributed by atoms with Gasteiger partial charge in [0.2, 0.25) is 0 Å². The first-order chi connectivity index (χ1) is 10.4. The summed E-state index contributed by atoms with van der Waals surface area (Å²) in [6, 6.07) is 1.85. The van der Waals surface area contributed by atoms with Crippen LogP contribution < -0.4 is 0 Å². The molecule has 2 aromatic heterocycles. The number of nitrogens with one attached hydrogen (secondary N) is 1. The molecule has 0 bridgehead atoms. The van der Waals surface area contributed by atoms with Crippen molar-refractivity contribution in [3.63, 3.8) is 0 Å². The van der Waals surface area contributed by atoms with Gasteiger partial charge in [-0.1, -0.05) is 20.8 Å². The molecule has 3 rings (SSSR count). The minimum atomic E-state index is -0.250. The number of H-pyrrole nitrogens is 1. The minimum absolute atomic E-state index is 0.0464. The zero-order chi connectivity index (χ0) is 15.7. The van der Waals surface area contributed by atoms with E-state index in [1.54, 1.807) is 0 Å². The molecule has 118 valence electrons. The molecule has 22 heavy (non-hydrogen) atoms. The lowest BCUT2D eigenvalue weighted by molar-refractivity contribution is -0.0266. The summed E-state index contributed by atoms with van der Waals surface area (Å²) in [5, 5.41) is 11.0. The van der Waals surface area contributed by atoms with Crippen molar-refractivity contribution in [3.05, 3.63) is 34.0 Å². The summed E-state index contributed by atoms with van der Waals surface area (Å²) in [4.78, 5) is 18.8. The fourth-order valence-electron chi connectivity index (χ4n) is 2.32. The lowest BCUT2D eigenvalue weighted by Crippen LogP contribution is -2.42. The van der Waals surface area contributed by atoms with Crippen molar-refractivity contribution in [2.45, 2.75) is 32.3 Å². The molecule has 0 aromatic carbocycles. The van der Waals surface area contributed by atoms with Crippen LogP contribution in [0.15, 0.2) is 16.8 Å². The molecule has 0 saturated carbocycles. The first kappa shape index (κ1) is 15.2. The third-order valence-corrected chi connectivity index (χ3v) is 4.28. The van der Waals surface area contributed by atoms with Gasteiger partial charge in [0.1, 0.15) is 6.10 Å². The quantitative estimate of drug-likeness (QED) is 0.922. The van der Waals surface area contributed by atoms with E-state index in [0.29, 0.717) is 25.5 Å². The van der Waals surface area contributed by atoms with Crippen molar-refractivity contribution in [3.8, 4) is 0 Å². The number of morpholine rings is 1. The Morgan fingerprint density at radius 3 is 2.95 bits per heavy atom. The van der Waals surface area contributed by atoms with Crippen LogP contribution in [0.4, 0.5) is 0 Å². The first-order valence-electron chi connectivity index (χ1n) is 7.31. The van der Waals surface area contributed by atoms with Gasteiger partial charge in [0, 0.05) is 17.3 Å². The van der Waals surface area contributed by atoms with E-state index < -0.39 is 0 Å². The van der Waals surface area contributed by atoms with Crippen molar-refractivity contribution < 1.29 is 9.53 Å². The Hall–Kier alpha value is -1.73. The number of carbonyl (C=O) groups excluding carboxylic acids is 1. The Kier molecular flexibility index (Phi) is 4.01. The second-order valence-corrected chi connectivity index (χ2v) is 7.20. The molecule has 0 spiro atoms. The van der Waals surface area contributed by atoms with E-state index in [-0.39, 0.29) is 17.4 Å². The number of aromatic amines is 1. The maximum atomic E-state index is 12.4. The number of hydrogen-bond acceptors (Lipinski definition) is 5. The Morgan fingerprint density at radius 2 is 2.32 bits per heavy atom. The van der Waals surface area contributed by atoms with Gasteiger partial charge in [0.25, 0.3) is 5.91 Å². The summed E-state index contributed by atoms with van der Waals surface area (Å²) >= 11 is 1.53. The highest BCUT2D eigenvalue weighted by Gasteiger charge is 2.29. The Bertz CT molecular complexity index is 645. The van der Waals surface area contributed by atoms with Crippen molar-refractivity contribution in [1.29, 1.82) is 0 Å². The maximum Gasteiger partial charge on any atom is 0.254 e. The number of thiophene rings is 1. The summed E-state index contributed by atoms with van der Waals surface area (Å²) in [7, 11) is 0. The molecule has 1 N–H and O–H groups in total. The van der Waals surface area contributed by atoms with E-state index in [9.17, 15) is 4.79 Å². The van der Waals surface area contributed by atoms with Gasteiger partial charge in [0.05, 0.1) is 18.7 Å². The topological polar surface area (TPSA) is 71.1 Å². The van der Waals surface area contributed by atoms with Gasteiger partial charge in [-0.2, -0.15) is 16.4 Å². The number of nitrogens with zero attached hydrogens (tertiary/aromatic N) is 3. The third kappa shape index (κ3) is 3.05. The van der Waals surface area contributed by atoms with E-state index >= 15 is 0 Å². The van der Waals surface area contributed by atoms with Gasteiger partial charge in [-0.25, -0.2) is 4.98 Å². The Morgan fingerprint density at radius 1 is 1.50 bits per heavy atom. The van der Waals surface area contributed by atoms with E-state index in [1.165, 1.54) is 11.3 Å². The SMILES string of the molecule is CC(C)(C)c1n[nH]c([C@@H]2CN(C(=O)c3ccsc3)CCO2)n1. The molecule has 1 fully saturated rings. The minimum Gasteiger partial charge on any atom is -0.367 e. The second kappa shape index (κ2) is 5.81. The van der Waals surface area contributed by atoms with Crippen molar-refractivity contribution in [2.75, 3.05) is 19.7 Å². The largest absolute Gasteiger partial charge is 0.367 e. The molecule has 1 amide bonds. The summed E-state index contributed by atoms with van der Waals surface area (Å²) in [5.41, 5.74) is 0.619. The van der Waals surface area contributed by atoms with Gasteiger partial charge in [-0.05, 0) is 11.4 Å². The van der Waals surface area contributed by atoms with Crippen LogP contribution in [0.2, 0.25) is 0 Å². The lowest BCUT2D eigenvalue weighted by Gasteiger charge is -2.31. The third-order valence-electron chi connectivity index (χ3n) is 3.60. The van der Waals surface area contributed by atoms with Crippen molar-refractivity contribution in [2.24, 2.45) is 0 Å². The zero-order valence-electron chi connectivity index (χ0n) is 13.0. The predicted molar refractivity (Wildman–Crippen MR) is 84.0 cm³/mol.